The summed E-state index contributed by atoms with van der Waals surface area (Å²) in [5.74, 6) is -3.03. The highest BCUT2D eigenvalue weighted by Crippen LogP contribution is 2.38. The minimum Gasteiger partial charge on any atom is -0.374 e. The molecule has 0 saturated heterocycles. The number of thiocarbonyl (C=S) groups is 1. The van der Waals surface area contributed by atoms with Crippen molar-refractivity contribution < 1.29 is 4.79 Å². The molecule has 132 valence electrons. The van der Waals surface area contributed by atoms with E-state index in [9.17, 15) is 15.3 Å². The van der Waals surface area contributed by atoms with Gasteiger partial charge in [0.1, 0.15) is 5.92 Å². The number of carbonyl (C=O) groups is 1. The zero-order chi connectivity index (χ0) is 19.4. The Morgan fingerprint density at radius 3 is 2.15 bits per heavy atom. The van der Waals surface area contributed by atoms with Gasteiger partial charge in [-0.25, -0.2) is 0 Å². The van der Waals surface area contributed by atoms with Crippen molar-refractivity contribution in [2.24, 2.45) is 22.7 Å². The second-order valence-electron chi connectivity index (χ2n) is 5.99. The number of carbonyl (C=O) groups excluding carboxylic acids is 1. The molecular formula is C20H15N5OS. The van der Waals surface area contributed by atoms with Crippen LogP contribution in [0.5, 0.6) is 0 Å². The van der Waals surface area contributed by atoms with Crippen molar-refractivity contribution in [1.82, 2.24) is 5.01 Å². The van der Waals surface area contributed by atoms with E-state index >= 15 is 0 Å². The maximum atomic E-state index is 13.1. The van der Waals surface area contributed by atoms with Gasteiger partial charge < -0.3 is 5.73 Å². The van der Waals surface area contributed by atoms with Gasteiger partial charge in [-0.1, -0.05) is 60.7 Å². The van der Waals surface area contributed by atoms with Crippen LogP contribution in [0, 0.1) is 34.5 Å². The molecular weight excluding hydrogens is 358 g/mol. The van der Waals surface area contributed by atoms with E-state index in [2.05, 4.69) is 5.10 Å². The fourth-order valence-electron chi connectivity index (χ4n) is 3.24. The van der Waals surface area contributed by atoms with Crippen LogP contribution in [0.15, 0.2) is 65.8 Å². The van der Waals surface area contributed by atoms with Gasteiger partial charge in [-0.05, 0) is 23.3 Å². The molecule has 2 atom stereocenters. The third-order valence-corrected chi connectivity index (χ3v) is 4.61. The Morgan fingerprint density at radius 1 is 1.07 bits per heavy atom. The molecule has 0 bridgehead atoms. The van der Waals surface area contributed by atoms with Crippen molar-refractivity contribution in [3.63, 3.8) is 0 Å². The predicted octanol–water partition coefficient (Wildman–Crippen LogP) is 2.54. The molecule has 2 aromatic rings. The van der Waals surface area contributed by atoms with E-state index in [1.807, 2.05) is 48.5 Å². The SMILES string of the molecule is N#CC(C#N)[C@@H](c1ccccc1)[C@@H]1C(=O)N(C(N)=S)N=C1c1ccccc1. The number of hydrazone groups is 1. The van der Waals surface area contributed by atoms with Gasteiger partial charge in [-0.15, -0.1) is 0 Å². The molecule has 0 fully saturated rings. The molecule has 27 heavy (non-hydrogen) atoms. The van der Waals surface area contributed by atoms with Crippen LogP contribution in [0.4, 0.5) is 0 Å². The average molecular weight is 373 g/mol. The van der Waals surface area contributed by atoms with E-state index in [4.69, 9.17) is 18.0 Å². The third-order valence-electron chi connectivity index (χ3n) is 4.44. The van der Waals surface area contributed by atoms with Crippen LogP contribution in [0.3, 0.4) is 0 Å². The van der Waals surface area contributed by atoms with Crippen LogP contribution in [0.25, 0.3) is 0 Å². The van der Waals surface area contributed by atoms with E-state index in [1.54, 1.807) is 24.3 Å². The van der Waals surface area contributed by atoms with E-state index in [0.29, 0.717) is 16.8 Å². The quantitative estimate of drug-likeness (QED) is 0.829. The van der Waals surface area contributed by atoms with E-state index in [0.717, 1.165) is 5.01 Å². The maximum absolute atomic E-state index is 13.1. The standard InChI is InChI=1S/C20H15N5OS/c21-11-15(12-22)16(13-7-3-1-4-8-13)17-18(14-9-5-2-6-10-14)24-25(19(17)26)20(23)27/h1-10,15-17H,(H2,23,27)/t16-,17+/m1/s1. The molecule has 0 aromatic heterocycles. The van der Waals surface area contributed by atoms with E-state index in [1.165, 1.54) is 0 Å². The van der Waals surface area contributed by atoms with Gasteiger partial charge in [-0.3, -0.25) is 4.79 Å². The molecule has 2 aromatic carbocycles. The zero-order valence-corrected chi connectivity index (χ0v) is 15.0. The molecule has 7 heteroatoms. The van der Waals surface area contributed by atoms with Crippen molar-refractivity contribution in [3.05, 3.63) is 71.8 Å². The first kappa shape index (κ1) is 18.2. The van der Waals surface area contributed by atoms with E-state index in [-0.39, 0.29) is 5.11 Å². The first-order valence-corrected chi connectivity index (χ1v) is 8.60. The maximum Gasteiger partial charge on any atom is 0.259 e. The number of rotatable bonds is 4. The molecule has 0 aliphatic carbocycles. The van der Waals surface area contributed by atoms with Crippen molar-refractivity contribution in [1.29, 1.82) is 10.5 Å². The fraction of sp³-hybridized carbons (Fsp3) is 0.150. The van der Waals surface area contributed by atoms with Crippen LogP contribution in [0.1, 0.15) is 17.0 Å². The van der Waals surface area contributed by atoms with Crippen LogP contribution < -0.4 is 5.73 Å². The molecule has 1 aliphatic heterocycles. The fourth-order valence-corrected chi connectivity index (χ4v) is 3.37. The molecule has 3 rings (SSSR count). The third kappa shape index (κ3) is 3.41. The minimum absolute atomic E-state index is 0.173. The summed E-state index contributed by atoms with van der Waals surface area (Å²) in [4.78, 5) is 13.1. The second-order valence-corrected chi connectivity index (χ2v) is 6.41. The van der Waals surface area contributed by atoms with Crippen LogP contribution in [-0.2, 0) is 4.79 Å². The highest BCUT2D eigenvalue weighted by Gasteiger charge is 2.46. The van der Waals surface area contributed by atoms with Gasteiger partial charge in [0.2, 0.25) is 0 Å². The largest absolute Gasteiger partial charge is 0.374 e. The molecule has 0 saturated carbocycles. The molecule has 0 radical (unpaired) electrons. The smallest absolute Gasteiger partial charge is 0.259 e. The number of nitrogens with zero attached hydrogens (tertiary/aromatic N) is 4. The molecule has 2 N–H and O–H groups in total. The molecule has 1 aliphatic rings. The molecule has 6 nitrogen and oxygen atoms in total. The van der Waals surface area contributed by atoms with Gasteiger partial charge in [0.15, 0.2) is 5.11 Å². The number of benzene rings is 2. The first-order chi connectivity index (χ1) is 13.1. The monoisotopic (exact) mass is 373 g/mol. The molecule has 1 heterocycles. The Kier molecular flexibility index (Phi) is 5.25. The Morgan fingerprint density at radius 2 is 1.63 bits per heavy atom. The topological polar surface area (TPSA) is 106 Å². The summed E-state index contributed by atoms with van der Waals surface area (Å²) in [6.45, 7) is 0. The summed E-state index contributed by atoms with van der Waals surface area (Å²) in [6.07, 6.45) is 0. The van der Waals surface area contributed by atoms with E-state index < -0.39 is 23.7 Å². The summed E-state index contributed by atoms with van der Waals surface area (Å²) in [5.41, 5.74) is 7.53. The van der Waals surface area contributed by atoms with Gasteiger partial charge in [0.25, 0.3) is 5.91 Å². The van der Waals surface area contributed by atoms with Crippen LogP contribution in [-0.4, -0.2) is 21.7 Å². The van der Waals surface area contributed by atoms with Crippen molar-refractivity contribution >= 4 is 28.9 Å². The van der Waals surface area contributed by atoms with Gasteiger partial charge >= 0.3 is 0 Å². The number of hydrogen-bond acceptors (Lipinski definition) is 5. The number of nitrogens with two attached hydrogens (primary N) is 1. The highest BCUT2D eigenvalue weighted by molar-refractivity contribution is 7.80. The minimum atomic E-state index is -1.04. The Balaban J connectivity index is 2.18. The molecule has 0 spiro atoms. The number of nitriles is 2. The van der Waals surface area contributed by atoms with Gasteiger partial charge in [0, 0.05) is 5.92 Å². The predicted molar refractivity (Wildman–Crippen MR) is 104 cm³/mol. The lowest BCUT2D eigenvalue weighted by Crippen LogP contribution is -2.39. The highest BCUT2D eigenvalue weighted by atomic mass is 32.1. The Labute approximate surface area is 162 Å². The first-order valence-electron chi connectivity index (χ1n) is 8.20. The van der Waals surface area contributed by atoms with Gasteiger partial charge in [0.05, 0.1) is 23.8 Å². The second kappa shape index (κ2) is 7.77. The zero-order valence-electron chi connectivity index (χ0n) is 14.2. The lowest BCUT2D eigenvalue weighted by Gasteiger charge is -2.25. The normalized spacial score (nSPS) is 17.1. The van der Waals surface area contributed by atoms with Crippen molar-refractivity contribution in [2.45, 2.75) is 5.92 Å². The Bertz CT molecular complexity index is 961. The summed E-state index contributed by atoms with van der Waals surface area (Å²) < 4.78 is 0. The number of hydrogen-bond donors (Lipinski definition) is 1. The lowest BCUT2D eigenvalue weighted by molar-refractivity contribution is -0.128. The van der Waals surface area contributed by atoms with Crippen molar-refractivity contribution in [3.8, 4) is 12.1 Å². The van der Waals surface area contributed by atoms with Crippen molar-refractivity contribution in [2.75, 3.05) is 0 Å². The lowest BCUT2D eigenvalue weighted by atomic mass is 9.74. The number of amides is 1. The average Bonchev–Trinajstić information content (AvgIpc) is 3.04. The summed E-state index contributed by atoms with van der Waals surface area (Å²) in [6, 6.07) is 22.2. The summed E-state index contributed by atoms with van der Waals surface area (Å²) in [5, 5.41) is 24.2. The Hall–Kier alpha value is -3.55. The molecule has 1 amide bonds. The summed E-state index contributed by atoms with van der Waals surface area (Å²) in [7, 11) is 0. The van der Waals surface area contributed by atoms with Crippen LogP contribution >= 0.6 is 12.2 Å². The van der Waals surface area contributed by atoms with Gasteiger partial charge in [-0.2, -0.15) is 20.6 Å². The summed E-state index contributed by atoms with van der Waals surface area (Å²) >= 11 is 4.96. The molecule has 0 unspecified atom stereocenters. The van der Waals surface area contributed by atoms with Crippen LogP contribution in [0.2, 0.25) is 0 Å².